The van der Waals surface area contributed by atoms with Crippen LogP contribution in [0.2, 0.25) is 0 Å². The van der Waals surface area contributed by atoms with Crippen LogP contribution in [0.4, 0.5) is 23.9 Å². The smallest absolute Gasteiger partial charge is 0.416 e. The van der Waals surface area contributed by atoms with Crippen molar-refractivity contribution >= 4 is 17.8 Å². The van der Waals surface area contributed by atoms with Gasteiger partial charge in [0.05, 0.1) is 30.5 Å². The van der Waals surface area contributed by atoms with Crippen LogP contribution in [0.3, 0.4) is 0 Å². The van der Waals surface area contributed by atoms with Gasteiger partial charge in [0.15, 0.2) is 11.9 Å². The van der Waals surface area contributed by atoms with Gasteiger partial charge in [-0.25, -0.2) is 14.8 Å². The van der Waals surface area contributed by atoms with Gasteiger partial charge in [-0.1, -0.05) is 29.8 Å². The number of hydrogen-bond acceptors (Lipinski definition) is 7. The number of halogens is 3. The van der Waals surface area contributed by atoms with Crippen LogP contribution in [-0.2, 0) is 17.5 Å². The minimum Gasteiger partial charge on any atom is -0.496 e. The molecule has 8 nitrogen and oxygen atoms in total. The first-order valence-electron chi connectivity index (χ1n) is 15.2. The summed E-state index contributed by atoms with van der Waals surface area (Å²) in [5.41, 5.74) is 4.43. The minimum atomic E-state index is -4.53. The maximum atomic E-state index is 13.7. The predicted octanol–water partition coefficient (Wildman–Crippen LogP) is 7.95. The Hall–Kier alpha value is -4.93. The molecule has 1 aliphatic heterocycles. The molecular weight excluding hydrogens is 609 g/mol. The van der Waals surface area contributed by atoms with Crippen molar-refractivity contribution in [3.8, 4) is 28.0 Å². The lowest BCUT2D eigenvalue weighted by molar-refractivity contribution is -0.137. The number of rotatable bonds is 8. The highest BCUT2D eigenvalue weighted by atomic mass is 19.4. The van der Waals surface area contributed by atoms with E-state index >= 15 is 0 Å². The first-order valence-corrected chi connectivity index (χ1v) is 15.2. The number of anilines is 1. The maximum absolute atomic E-state index is 13.7. The number of carbonyl (C=O) groups excluding carboxylic acids is 2. The molecule has 0 radical (unpaired) electrons. The standard InChI is InChI=1S/C36H35F3N4O4/c1-20-13-25(16-26(14-20)36(37,38)39)32-35(11-12-35)43(34(45)47-32)19-30-29(18-40-33(41-30)42(4)5)28-17-24(8-10-31(28)46-6)27-9-7-23(22(3)44)15-21(27)2/h7-10,13-18,32H,11-12,19H2,1-6H3/t32-/m0/s1. The van der Waals surface area contributed by atoms with Gasteiger partial charge in [-0.3, -0.25) is 9.69 Å². The summed E-state index contributed by atoms with van der Waals surface area (Å²) in [6.07, 6.45) is -3.14. The fourth-order valence-electron chi connectivity index (χ4n) is 6.40. The Balaban J connectivity index is 1.42. The van der Waals surface area contributed by atoms with Gasteiger partial charge in [0.2, 0.25) is 5.95 Å². The second kappa shape index (κ2) is 11.7. The van der Waals surface area contributed by atoms with Crippen LogP contribution >= 0.6 is 0 Å². The van der Waals surface area contributed by atoms with E-state index in [1.807, 2.05) is 51.4 Å². The van der Waals surface area contributed by atoms with Crippen LogP contribution in [0.25, 0.3) is 22.3 Å². The molecule has 1 atom stereocenters. The summed E-state index contributed by atoms with van der Waals surface area (Å²) in [5.74, 6) is 0.978. The number of benzene rings is 3. The van der Waals surface area contributed by atoms with E-state index < -0.39 is 29.5 Å². The highest BCUT2D eigenvalue weighted by Gasteiger charge is 2.63. The molecular formula is C36H35F3N4O4. The summed E-state index contributed by atoms with van der Waals surface area (Å²) >= 11 is 0. The average molecular weight is 645 g/mol. The van der Waals surface area contributed by atoms with Gasteiger partial charge >= 0.3 is 12.3 Å². The second-order valence-electron chi connectivity index (χ2n) is 12.5. The maximum Gasteiger partial charge on any atom is 0.416 e. The van der Waals surface area contributed by atoms with Gasteiger partial charge in [0, 0.05) is 37.0 Å². The molecule has 6 rings (SSSR count). The Morgan fingerprint density at radius 1 is 1.04 bits per heavy atom. The summed E-state index contributed by atoms with van der Waals surface area (Å²) in [5, 5.41) is 0. The van der Waals surface area contributed by atoms with E-state index in [9.17, 15) is 22.8 Å². The predicted molar refractivity (Wildman–Crippen MR) is 171 cm³/mol. The van der Waals surface area contributed by atoms with Gasteiger partial charge in [0.1, 0.15) is 5.75 Å². The van der Waals surface area contributed by atoms with E-state index in [1.54, 1.807) is 42.2 Å². The van der Waals surface area contributed by atoms with E-state index in [2.05, 4.69) is 4.98 Å². The zero-order valence-corrected chi connectivity index (χ0v) is 27.0. The van der Waals surface area contributed by atoms with Crippen LogP contribution in [0, 0.1) is 13.8 Å². The second-order valence-corrected chi connectivity index (χ2v) is 12.5. The first-order chi connectivity index (χ1) is 22.2. The normalized spacial score (nSPS) is 16.7. The molecule has 2 fully saturated rings. The van der Waals surface area contributed by atoms with Crippen molar-refractivity contribution in [2.24, 2.45) is 0 Å². The molecule has 1 amide bonds. The zero-order chi connectivity index (χ0) is 33.8. The van der Waals surface area contributed by atoms with Crippen molar-refractivity contribution < 1.29 is 32.2 Å². The lowest BCUT2D eigenvalue weighted by Crippen LogP contribution is -2.36. The van der Waals surface area contributed by atoms with E-state index in [-0.39, 0.29) is 12.3 Å². The molecule has 244 valence electrons. The van der Waals surface area contributed by atoms with Crippen LogP contribution in [0.1, 0.15) is 64.2 Å². The molecule has 1 spiro atoms. The van der Waals surface area contributed by atoms with Crippen LogP contribution in [0.15, 0.2) is 60.8 Å². The van der Waals surface area contributed by atoms with Gasteiger partial charge in [-0.05, 0) is 86.2 Å². The molecule has 1 saturated heterocycles. The van der Waals surface area contributed by atoms with Crippen molar-refractivity contribution in [3.05, 3.63) is 94.3 Å². The van der Waals surface area contributed by atoms with Crippen LogP contribution in [0.5, 0.6) is 5.75 Å². The number of hydrogen-bond donors (Lipinski definition) is 0. The van der Waals surface area contributed by atoms with Crippen molar-refractivity contribution in [2.45, 2.75) is 58.0 Å². The summed E-state index contributed by atoms with van der Waals surface area (Å²) in [6.45, 7) is 5.13. The Bertz CT molecular complexity index is 1900. The Morgan fingerprint density at radius 3 is 2.40 bits per heavy atom. The lowest BCUT2D eigenvalue weighted by atomic mass is 9.93. The minimum absolute atomic E-state index is 0.0165. The summed E-state index contributed by atoms with van der Waals surface area (Å²) in [6, 6.07) is 15.1. The molecule has 1 saturated carbocycles. The topological polar surface area (TPSA) is 84.9 Å². The summed E-state index contributed by atoms with van der Waals surface area (Å²) in [4.78, 5) is 38.2. The number of methoxy groups -OCH3 is 1. The summed E-state index contributed by atoms with van der Waals surface area (Å²) in [7, 11) is 5.19. The number of aromatic nitrogens is 2. The highest BCUT2D eigenvalue weighted by molar-refractivity contribution is 5.95. The van der Waals surface area contributed by atoms with E-state index in [0.717, 1.165) is 28.8 Å². The van der Waals surface area contributed by atoms with E-state index in [4.69, 9.17) is 14.5 Å². The monoisotopic (exact) mass is 644 g/mol. The molecule has 0 N–H and O–H groups in total. The Morgan fingerprint density at radius 2 is 1.79 bits per heavy atom. The molecule has 1 aliphatic carbocycles. The van der Waals surface area contributed by atoms with Gasteiger partial charge in [-0.15, -0.1) is 0 Å². The number of amides is 1. The zero-order valence-electron chi connectivity index (χ0n) is 27.0. The third-order valence-corrected chi connectivity index (χ3v) is 8.95. The molecule has 47 heavy (non-hydrogen) atoms. The Kier molecular flexibility index (Phi) is 7.97. The lowest BCUT2D eigenvalue weighted by Gasteiger charge is -2.26. The van der Waals surface area contributed by atoms with Crippen molar-refractivity contribution in [1.82, 2.24) is 14.9 Å². The van der Waals surface area contributed by atoms with Gasteiger partial charge in [-0.2, -0.15) is 13.2 Å². The Labute approximate surface area is 271 Å². The number of aryl methyl sites for hydroxylation is 2. The van der Waals surface area contributed by atoms with E-state index in [0.29, 0.717) is 58.1 Å². The average Bonchev–Trinajstić information content (AvgIpc) is 3.77. The largest absolute Gasteiger partial charge is 0.496 e. The number of carbonyl (C=O) groups is 2. The third-order valence-electron chi connectivity index (χ3n) is 8.95. The fraction of sp³-hybridized carbons (Fsp3) is 0.333. The number of ether oxygens (including phenoxy) is 2. The number of nitrogens with zero attached hydrogens (tertiary/aromatic N) is 4. The highest BCUT2D eigenvalue weighted by Crippen LogP contribution is 2.58. The van der Waals surface area contributed by atoms with E-state index in [1.165, 1.54) is 6.92 Å². The molecule has 0 bridgehead atoms. The molecule has 1 aromatic heterocycles. The number of Topliss-reactive ketones (excluding diaryl/α,β-unsaturated/α-hetero) is 1. The van der Waals surface area contributed by atoms with Crippen molar-refractivity contribution in [2.75, 3.05) is 26.1 Å². The SMILES string of the molecule is COc1ccc(-c2ccc(C(C)=O)cc2C)cc1-c1cnc(N(C)C)nc1CN1C(=O)O[C@@H](c2cc(C)cc(C(F)(F)F)c2)C12CC2. The molecule has 2 heterocycles. The molecule has 11 heteroatoms. The number of alkyl halides is 3. The first kappa shape index (κ1) is 32.0. The molecule has 2 aliphatic rings. The molecule has 3 aromatic carbocycles. The quantitative estimate of drug-likeness (QED) is 0.180. The third kappa shape index (κ3) is 5.90. The van der Waals surface area contributed by atoms with Crippen LogP contribution < -0.4 is 9.64 Å². The summed E-state index contributed by atoms with van der Waals surface area (Å²) < 4.78 is 52.7. The fourth-order valence-corrected chi connectivity index (χ4v) is 6.40. The molecule has 4 aromatic rings. The number of ketones is 1. The van der Waals surface area contributed by atoms with Crippen LogP contribution in [-0.4, -0.2) is 53.5 Å². The van der Waals surface area contributed by atoms with Gasteiger partial charge in [0.25, 0.3) is 0 Å². The number of cyclic esters (lactones) is 1. The molecule has 0 unspecified atom stereocenters. The van der Waals surface area contributed by atoms with Crippen molar-refractivity contribution in [3.63, 3.8) is 0 Å². The van der Waals surface area contributed by atoms with Gasteiger partial charge < -0.3 is 14.4 Å². The van der Waals surface area contributed by atoms with Crippen molar-refractivity contribution in [1.29, 1.82) is 0 Å².